The molecule has 1 aromatic carbocycles. The van der Waals surface area contributed by atoms with Gasteiger partial charge in [0.15, 0.2) is 0 Å². The van der Waals surface area contributed by atoms with Crippen LogP contribution in [0.25, 0.3) is 16.5 Å². The summed E-state index contributed by atoms with van der Waals surface area (Å²) in [5.41, 5.74) is 2.28. The Morgan fingerprint density at radius 3 is 2.67 bits per heavy atom. The SMILES string of the molecule is C=CC(=O)N1CCC(NC2=C(c3c[nH]c4ccccc34)C(=O)NC2=O)CC1. The number of carbonyl (C=O) groups excluding carboxylic acids is 3. The van der Waals surface area contributed by atoms with E-state index >= 15 is 0 Å². The van der Waals surface area contributed by atoms with E-state index < -0.39 is 11.8 Å². The van der Waals surface area contributed by atoms with Gasteiger partial charge < -0.3 is 15.2 Å². The Morgan fingerprint density at radius 1 is 1.19 bits per heavy atom. The Hall–Kier alpha value is -3.35. The van der Waals surface area contributed by atoms with Crippen molar-refractivity contribution in [3.8, 4) is 0 Å². The number of likely N-dealkylation sites (tertiary alicyclic amines) is 1. The fraction of sp³-hybridized carbons (Fsp3) is 0.250. The molecule has 0 bridgehead atoms. The summed E-state index contributed by atoms with van der Waals surface area (Å²) in [6.07, 6.45) is 4.47. The zero-order valence-electron chi connectivity index (χ0n) is 14.7. The second kappa shape index (κ2) is 6.75. The lowest BCUT2D eigenvalue weighted by molar-refractivity contribution is -0.127. The van der Waals surface area contributed by atoms with Crippen molar-refractivity contribution < 1.29 is 14.4 Å². The van der Waals surface area contributed by atoms with Crippen LogP contribution in [-0.4, -0.2) is 46.7 Å². The number of nitrogens with zero attached hydrogens (tertiary/aromatic N) is 1. The predicted molar refractivity (Wildman–Crippen MR) is 101 cm³/mol. The van der Waals surface area contributed by atoms with E-state index in [1.165, 1.54) is 6.08 Å². The lowest BCUT2D eigenvalue weighted by Crippen LogP contribution is -2.45. The second-order valence-corrected chi connectivity index (χ2v) is 6.73. The Bertz CT molecular complexity index is 980. The van der Waals surface area contributed by atoms with Gasteiger partial charge in [0, 0.05) is 41.8 Å². The monoisotopic (exact) mass is 364 g/mol. The van der Waals surface area contributed by atoms with Crippen LogP contribution in [-0.2, 0) is 14.4 Å². The minimum Gasteiger partial charge on any atom is -0.377 e. The lowest BCUT2D eigenvalue weighted by Gasteiger charge is -2.32. The van der Waals surface area contributed by atoms with E-state index in [4.69, 9.17) is 0 Å². The van der Waals surface area contributed by atoms with Crippen LogP contribution < -0.4 is 10.6 Å². The number of hydrogen-bond donors (Lipinski definition) is 3. The first-order chi connectivity index (χ1) is 13.1. The van der Waals surface area contributed by atoms with Crippen molar-refractivity contribution in [2.75, 3.05) is 13.1 Å². The Balaban J connectivity index is 1.61. The highest BCUT2D eigenvalue weighted by atomic mass is 16.2. The summed E-state index contributed by atoms with van der Waals surface area (Å²) in [5, 5.41) is 6.53. The summed E-state index contributed by atoms with van der Waals surface area (Å²) in [7, 11) is 0. The number of fused-ring (bicyclic) bond motifs is 1. The molecule has 0 spiro atoms. The van der Waals surface area contributed by atoms with Crippen LogP contribution in [0.3, 0.4) is 0 Å². The van der Waals surface area contributed by atoms with E-state index in [1.54, 1.807) is 11.1 Å². The summed E-state index contributed by atoms with van der Waals surface area (Å²) in [4.78, 5) is 41.4. The highest BCUT2D eigenvalue weighted by molar-refractivity contribution is 6.37. The molecule has 1 aromatic heterocycles. The fourth-order valence-corrected chi connectivity index (χ4v) is 3.71. The van der Waals surface area contributed by atoms with E-state index in [-0.39, 0.29) is 11.9 Å². The molecule has 4 rings (SSSR count). The molecule has 7 nitrogen and oxygen atoms in total. The Labute approximate surface area is 156 Å². The minimum atomic E-state index is -0.412. The van der Waals surface area contributed by atoms with E-state index in [0.717, 1.165) is 10.9 Å². The summed E-state index contributed by atoms with van der Waals surface area (Å²) in [6, 6.07) is 7.67. The van der Waals surface area contributed by atoms with Crippen LogP contribution in [0, 0.1) is 0 Å². The molecule has 0 unspecified atom stereocenters. The molecule has 0 atom stereocenters. The molecule has 3 heterocycles. The van der Waals surface area contributed by atoms with Crippen molar-refractivity contribution in [2.45, 2.75) is 18.9 Å². The summed E-state index contributed by atoms with van der Waals surface area (Å²) in [5.74, 6) is -0.891. The third-order valence-electron chi connectivity index (χ3n) is 5.12. The second-order valence-electron chi connectivity index (χ2n) is 6.73. The number of H-pyrrole nitrogens is 1. The van der Waals surface area contributed by atoms with Crippen LogP contribution in [0.2, 0.25) is 0 Å². The molecule has 7 heteroatoms. The molecule has 1 saturated heterocycles. The average molecular weight is 364 g/mol. The van der Waals surface area contributed by atoms with E-state index in [1.807, 2.05) is 24.3 Å². The molecule has 138 valence electrons. The topological polar surface area (TPSA) is 94.3 Å². The van der Waals surface area contributed by atoms with Gasteiger partial charge in [0.25, 0.3) is 11.8 Å². The molecule has 0 saturated carbocycles. The number of amides is 3. The van der Waals surface area contributed by atoms with Gasteiger partial charge in [-0.15, -0.1) is 0 Å². The van der Waals surface area contributed by atoms with Gasteiger partial charge in [0.05, 0.1) is 5.57 Å². The molecule has 1 fully saturated rings. The van der Waals surface area contributed by atoms with E-state index in [9.17, 15) is 14.4 Å². The number of rotatable bonds is 4. The maximum Gasteiger partial charge on any atom is 0.275 e. The first-order valence-electron chi connectivity index (χ1n) is 8.93. The van der Waals surface area contributed by atoms with E-state index in [2.05, 4.69) is 22.2 Å². The highest BCUT2D eigenvalue weighted by Gasteiger charge is 2.34. The third-order valence-corrected chi connectivity index (χ3v) is 5.12. The predicted octanol–water partition coefficient (Wildman–Crippen LogP) is 1.30. The summed E-state index contributed by atoms with van der Waals surface area (Å²) >= 11 is 0. The van der Waals surface area contributed by atoms with Crippen molar-refractivity contribution in [1.82, 2.24) is 20.5 Å². The number of imide groups is 1. The van der Waals surface area contributed by atoms with Crippen LogP contribution >= 0.6 is 0 Å². The van der Waals surface area contributed by atoms with Crippen molar-refractivity contribution in [3.05, 3.63) is 54.4 Å². The summed E-state index contributed by atoms with van der Waals surface area (Å²) in [6.45, 7) is 4.69. The van der Waals surface area contributed by atoms with Crippen molar-refractivity contribution in [2.24, 2.45) is 0 Å². The van der Waals surface area contributed by atoms with Gasteiger partial charge in [-0.3, -0.25) is 19.7 Å². The van der Waals surface area contributed by atoms with Gasteiger partial charge >= 0.3 is 0 Å². The molecule has 2 aromatic rings. The zero-order chi connectivity index (χ0) is 19.0. The van der Waals surface area contributed by atoms with Gasteiger partial charge in [-0.1, -0.05) is 24.8 Å². The molecule has 2 aliphatic rings. The lowest BCUT2D eigenvalue weighted by atomic mass is 10.0. The largest absolute Gasteiger partial charge is 0.377 e. The normalized spacial score (nSPS) is 18.1. The first kappa shape index (κ1) is 17.1. The number of benzene rings is 1. The van der Waals surface area contributed by atoms with Gasteiger partial charge in [-0.2, -0.15) is 0 Å². The number of para-hydroxylation sites is 1. The van der Waals surface area contributed by atoms with Crippen LogP contribution in [0.4, 0.5) is 0 Å². The van der Waals surface area contributed by atoms with Gasteiger partial charge in [0.1, 0.15) is 5.70 Å². The van der Waals surface area contributed by atoms with Gasteiger partial charge in [0.2, 0.25) is 5.91 Å². The molecule has 3 amide bonds. The Kier molecular flexibility index (Phi) is 4.27. The number of hydrogen-bond acceptors (Lipinski definition) is 4. The molecule has 0 radical (unpaired) electrons. The van der Waals surface area contributed by atoms with Crippen molar-refractivity contribution in [1.29, 1.82) is 0 Å². The number of aromatic nitrogens is 1. The van der Waals surface area contributed by atoms with Crippen molar-refractivity contribution >= 4 is 34.2 Å². The minimum absolute atomic E-state index is 0.0192. The summed E-state index contributed by atoms with van der Waals surface area (Å²) < 4.78 is 0. The first-order valence-corrected chi connectivity index (χ1v) is 8.93. The standard InChI is InChI=1S/C20H20N4O3/c1-2-16(25)24-9-7-12(8-10-24)22-18-17(19(26)23-20(18)27)14-11-21-15-6-4-3-5-13(14)15/h2-6,11-12,21H,1,7-10H2,(H2,22,23,26,27). The van der Waals surface area contributed by atoms with Gasteiger partial charge in [-0.05, 0) is 25.0 Å². The molecule has 3 N–H and O–H groups in total. The number of aromatic amines is 1. The maximum absolute atomic E-state index is 12.5. The van der Waals surface area contributed by atoms with Crippen molar-refractivity contribution in [3.63, 3.8) is 0 Å². The van der Waals surface area contributed by atoms with Crippen LogP contribution in [0.15, 0.2) is 48.8 Å². The quantitative estimate of drug-likeness (QED) is 0.563. The van der Waals surface area contributed by atoms with E-state index in [0.29, 0.717) is 42.8 Å². The zero-order valence-corrected chi connectivity index (χ0v) is 14.7. The molecule has 27 heavy (non-hydrogen) atoms. The highest BCUT2D eigenvalue weighted by Crippen LogP contribution is 2.30. The average Bonchev–Trinajstić information content (AvgIpc) is 3.22. The fourth-order valence-electron chi connectivity index (χ4n) is 3.71. The molecule has 2 aliphatic heterocycles. The van der Waals surface area contributed by atoms with Gasteiger partial charge in [-0.25, -0.2) is 0 Å². The van der Waals surface area contributed by atoms with Crippen LogP contribution in [0.5, 0.6) is 0 Å². The smallest absolute Gasteiger partial charge is 0.275 e. The number of nitrogens with one attached hydrogen (secondary N) is 3. The maximum atomic E-state index is 12.5. The number of carbonyl (C=O) groups is 3. The molecular weight excluding hydrogens is 344 g/mol. The number of piperidine rings is 1. The molecule has 0 aliphatic carbocycles. The van der Waals surface area contributed by atoms with Crippen LogP contribution in [0.1, 0.15) is 18.4 Å². The molecular formula is C20H20N4O3. The Morgan fingerprint density at radius 2 is 1.93 bits per heavy atom. The third kappa shape index (κ3) is 3.01.